The second-order valence-electron chi connectivity index (χ2n) is 6.13. The Kier molecular flexibility index (Phi) is 6.02. The van der Waals surface area contributed by atoms with E-state index in [1.54, 1.807) is 32.0 Å². The average molecular weight is 366 g/mol. The minimum Gasteiger partial charge on any atom is -0.481 e. The normalized spacial score (nSPS) is 11.2. The molecule has 134 valence electrons. The number of urea groups is 1. The molecule has 1 aromatic carbocycles. The van der Waals surface area contributed by atoms with Gasteiger partial charge in [-0.2, -0.15) is 0 Å². The number of carboxylic acid groups (broad SMARTS) is 1. The molecule has 1 heterocycles. The molecule has 25 heavy (non-hydrogen) atoms. The average Bonchev–Trinajstić information content (AvgIpc) is 2.94. The first-order valence-electron chi connectivity index (χ1n) is 7.62. The minimum atomic E-state index is -0.919. The molecule has 9 heteroatoms. The number of nitrogens with zero attached hydrogens (tertiary/aromatic N) is 2. The molecule has 0 radical (unpaired) electrons. The summed E-state index contributed by atoms with van der Waals surface area (Å²) >= 11 is 1.15. The van der Waals surface area contributed by atoms with Crippen molar-refractivity contribution in [3.8, 4) is 0 Å². The highest BCUT2D eigenvalue weighted by molar-refractivity contribution is 7.15. The predicted molar refractivity (Wildman–Crippen MR) is 92.2 cm³/mol. The van der Waals surface area contributed by atoms with E-state index in [4.69, 9.17) is 5.11 Å². The van der Waals surface area contributed by atoms with Crippen molar-refractivity contribution in [2.24, 2.45) is 0 Å². The molecule has 0 aliphatic heterocycles. The fourth-order valence-corrected chi connectivity index (χ4v) is 2.86. The van der Waals surface area contributed by atoms with Crippen LogP contribution in [0.2, 0.25) is 0 Å². The molecule has 0 aliphatic rings. The van der Waals surface area contributed by atoms with Crippen LogP contribution in [0.1, 0.15) is 37.3 Å². The third kappa shape index (κ3) is 6.11. The van der Waals surface area contributed by atoms with Crippen LogP contribution in [-0.2, 0) is 11.2 Å². The van der Waals surface area contributed by atoms with E-state index < -0.39 is 17.5 Å². The molecule has 3 N–H and O–H groups in total. The van der Waals surface area contributed by atoms with E-state index >= 15 is 0 Å². The summed E-state index contributed by atoms with van der Waals surface area (Å²) in [7, 11) is 0. The van der Waals surface area contributed by atoms with Gasteiger partial charge in [-0.3, -0.25) is 10.1 Å². The van der Waals surface area contributed by atoms with Crippen molar-refractivity contribution >= 4 is 28.5 Å². The summed E-state index contributed by atoms with van der Waals surface area (Å²) in [5.74, 6) is -1.23. The monoisotopic (exact) mass is 366 g/mol. The fraction of sp³-hybridized carbons (Fsp3) is 0.375. The van der Waals surface area contributed by atoms with Crippen LogP contribution in [0, 0.1) is 5.82 Å². The van der Waals surface area contributed by atoms with Gasteiger partial charge in [0.15, 0.2) is 0 Å². The van der Waals surface area contributed by atoms with Crippen molar-refractivity contribution < 1.29 is 19.1 Å². The van der Waals surface area contributed by atoms with Gasteiger partial charge in [-0.05, 0) is 31.9 Å². The number of carbonyl (C=O) groups is 2. The summed E-state index contributed by atoms with van der Waals surface area (Å²) in [4.78, 5) is 22.6. The molecule has 0 fully saturated rings. The van der Waals surface area contributed by atoms with Gasteiger partial charge in [0.25, 0.3) is 0 Å². The Balaban J connectivity index is 1.91. The summed E-state index contributed by atoms with van der Waals surface area (Å²) in [5, 5.41) is 22.6. The summed E-state index contributed by atoms with van der Waals surface area (Å²) in [6, 6.07) is 5.90. The first-order chi connectivity index (χ1) is 11.7. The zero-order valence-corrected chi connectivity index (χ0v) is 14.7. The van der Waals surface area contributed by atoms with Crippen molar-refractivity contribution in [3.63, 3.8) is 0 Å². The van der Waals surface area contributed by atoms with Crippen LogP contribution in [-0.4, -0.2) is 32.8 Å². The molecular weight excluding hydrogens is 347 g/mol. The Morgan fingerprint density at radius 3 is 2.68 bits per heavy atom. The topological polar surface area (TPSA) is 104 Å². The van der Waals surface area contributed by atoms with Crippen LogP contribution in [0.5, 0.6) is 0 Å². The summed E-state index contributed by atoms with van der Waals surface area (Å²) < 4.78 is 13.6. The maximum atomic E-state index is 13.6. The van der Waals surface area contributed by atoms with Gasteiger partial charge in [-0.1, -0.05) is 29.5 Å². The number of carboxylic acids is 1. The van der Waals surface area contributed by atoms with Crippen LogP contribution in [0.3, 0.4) is 0 Å². The fourth-order valence-electron chi connectivity index (χ4n) is 2.10. The van der Waals surface area contributed by atoms with Crippen molar-refractivity contribution in [1.29, 1.82) is 0 Å². The summed E-state index contributed by atoms with van der Waals surface area (Å²) in [6.07, 6.45) is 0.543. The zero-order chi connectivity index (χ0) is 18.4. The Hall–Kier alpha value is -2.55. The third-order valence-corrected chi connectivity index (χ3v) is 4.24. The van der Waals surface area contributed by atoms with Crippen LogP contribution >= 0.6 is 11.3 Å². The molecule has 0 spiro atoms. The number of nitrogens with one attached hydrogen (secondary N) is 2. The van der Waals surface area contributed by atoms with Gasteiger partial charge < -0.3 is 10.4 Å². The van der Waals surface area contributed by atoms with E-state index in [0.717, 1.165) is 11.3 Å². The number of rotatable bonds is 7. The first kappa shape index (κ1) is 18.8. The van der Waals surface area contributed by atoms with Gasteiger partial charge in [-0.25, -0.2) is 9.18 Å². The standard InChI is InChI=1S/C16H19FN4O3S/c1-16(2,8-7-13(22)23)19-14(24)18-15-21-20-12(25-15)9-10-5-3-4-6-11(10)17/h3-6H,7-9H2,1-2H3,(H,22,23)(H2,18,19,21,24). The van der Waals surface area contributed by atoms with E-state index in [2.05, 4.69) is 20.8 Å². The van der Waals surface area contributed by atoms with Gasteiger partial charge in [0.05, 0.1) is 0 Å². The number of carbonyl (C=O) groups excluding carboxylic acids is 1. The number of hydrogen-bond donors (Lipinski definition) is 3. The maximum Gasteiger partial charge on any atom is 0.321 e. The minimum absolute atomic E-state index is 0.0428. The first-order valence-corrected chi connectivity index (χ1v) is 8.43. The summed E-state index contributed by atoms with van der Waals surface area (Å²) in [6.45, 7) is 3.47. The van der Waals surface area contributed by atoms with E-state index in [-0.39, 0.29) is 23.8 Å². The Labute approximate surface area is 148 Å². The number of hydrogen-bond acceptors (Lipinski definition) is 5. The number of halogens is 1. The number of aromatic nitrogens is 2. The highest BCUT2D eigenvalue weighted by Gasteiger charge is 2.22. The van der Waals surface area contributed by atoms with Gasteiger partial charge in [-0.15, -0.1) is 10.2 Å². The second kappa shape index (κ2) is 8.02. The Bertz CT molecular complexity index is 763. The SMILES string of the molecule is CC(C)(CCC(=O)O)NC(=O)Nc1nnc(Cc2ccccc2F)s1. The van der Waals surface area contributed by atoms with Gasteiger partial charge >= 0.3 is 12.0 Å². The molecule has 2 amide bonds. The number of aliphatic carboxylic acids is 1. The number of anilines is 1. The van der Waals surface area contributed by atoms with E-state index in [1.807, 2.05) is 0 Å². The third-order valence-electron chi connectivity index (χ3n) is 3.40. The second-order valence-corrected chi connectivity index (χ2v) is 7.19. The highest BCUT2D eigenvalue weighted by atomic mass is 32.1. The van der Waals surface area contributed by atoms with E-state index in [1.165, 1.54) is 6.07 Å². The van der Waals surface area contributed by atoms with Crippen molar-refractivity contribution in [2.45, 2.75) is 38.6 Å². The lowest BCUT2D eigenvalue weighted by molar-refractivity contribution is -0.137. The summed E-state index contributed by atoms with van der Waals surface area (Å²) in [5.41, 5.74) is -0.173. The number of benzene rings is 1. The largest absolute Gasteiger partial charge is 0.481 e. The molecule has 1 aromatic heterocycles. The van der Waals surface area contributed by atoms with Crippen LogP contribution in [0.4, 0.5) is 14.3 Å². The molecule has 0 aliphatic carbocycles. The maximum absolute atomic E-state index is 13.6. The molecule has 0 atom stereocenters. The van der Waals surface area contributed by atoms with E-state index in [0.29, 0.717) is 17.0 Å². The van der Waals surface area contributed by atoms with Crippen molar-refractivity contribution in [1.82, 2.24) is 15.5 Å². The van der Waals surface area contributed by atoms with Crippen LogP contribution < -0.4 is 10.6 Å². The molecule has 0 unspecified atom stereocenters. The molecule has 0 saturated carbocycles. The lowest BCUT2D eigenvalue weighted by Gasteiger charge is -2.25. The molecule has 0 saturated heterocycles. The smallest absolute Gasteiger partial charge is 0.321 e. The van der Waals surface area contributed by atoms with Crippen LogP contribution in [0.25, 0.3) is 0 Å². The molecule has 2 rings (SSSR count). The van der Waals surface area contributed by atoms with Crippen molar-refractivity contribution in [2.75, 3.05) is 5.32 Å². The van der Waals surface area contributed by atoms with Gasteiger partial charge in [0.2, 0.25) is 5.13 Å². The highest BCUT2D eigenvalue weighted by Crippen LogP contribution is 2.20. The molecular formula is C16H19FN4O3S. The lowest BCUT2D eigenvalue weighted by Crippen LogP contribution is -2.45. The molecule has 7 nitrogen and oxygen atoms in total. The van der Waals surface area contributed by atoms with Gasteiger partial charge in [0.1, 0.15) is 10.8 Å². The quantitative estimate of drug-likeness (QED) is 0.699. The lowest BCUT2D eigenvalue weighted by atomic mass is 9.99. The van der Waals surface area contributed by atoms with Gasteiger partial charge in [0, 0.05) is 18.4 Å². The Morgan fingerprint density at radius 1 is 1.28 bits per heavy atom. The Morgan fingerprint density at radius 2 is 2.00 bits per heavy atom. The van der Waals surface area contributed by atoms with E-state index in [9.17, 15) is 14.0 Å². The molecule has 2 aromatic rings. The van der Waals surface area contributed by atoms with Crippen LogP contribution in [0.15, 0.2) is 24.3 Å². The zero-order valence-electron chi connectivity index (χ0n) is 13.9. The predicted octanol–water partition coefficient (Wildman–Crippen LogP) is 3.03. The van der Waals surface area contributed by atoms with Crippen molar-refractivity contribution in [3.05, 3.63) is 40.7 Å². The number of amides is 2. The molecule has 0 bridgehead atoms.